The van der Waals surface area contributed by atoms with Gasteiger partial charge in [0.2, 0.25) is 0 Å². The third-order valence-electron chi connectivity index (χ3n) is 2.05. The van der Waals surface area contributed by atoms with Crippen molar-refractivity contribution in [2.45, 2.75) is 12.5 Å². The van der Waals surface area contributed by atoms with Gasteiger partial charge in [-0.3, -0.25) is 4.39 Å². The van der Waals surface area contributed by atoms with Crippen LogP contribution in [0.4, 0.5) is 4.39 Å². The molecule has 0 amide bonds. The predicted octanol–water partition coefficient (Wildman–Crippen LogP) is 1.42. The zero-order chi connectivity index (χ0) is 11.1. The van der Waals surface area contributed by atoms with Crippen LogP contribution in [0.5, 0.6) is 5.75 Å². The van der Waals surface area contributed by atoms with Crippen LogP contribution < -0.4 is 10.5 Å². The minimum absolute atomic E-state index is 0.0813. The third kappa shape index (κ3) is 3.85. The second-order valence-electron chi connectivity index (χ2n) is 3.25. The van der Waals surface area contributed by atoms with E-state index >= 15 is 0 Å². The number of halogens is 1. The van der Waals surface area contributed by atoms with Gasteiger partial charge in [-0.25, -0.2) is 0 Å². The van der Waals surface area contributed by atoms with Crippen molar-refractivity contribution in [2.24, 2.45) is 5.73 Å². The molecule has 0 heterocycles. The summed E-state index contributed by atoms with van der Waals surface area (Å²) >= 11 is 0. The third-order valence-corrected chi connectivity index (χ3v) is 2.05. The Bertz CT molecular complexity index is 276. The highest BCUT2D eigenvalue weighted by Crippen LogP contribution is 2.16. The molecule has 1 aromatic carbocycles. The number of alkyl halides is 1. The monoisotopic (exact) mass is 213 g/mol. The average molecular weight is 213 g/mol. The molecular formula is C11H16FNO2. The Morgan fingerprint density at radius 1 is 1.33 bits per heavy atom. The molecule has 1 rings (SSSR count). The van der Waals surface area contributed by atoms with Crippen LogP contribution in [-0.4, -0.2) is 25.0 Å². The summed E-state index contributed by atoms with van der Waals surface area (Å²) in [5.41, 5.74) is 6.48. The van der Waals surface area contributed by atoms with Crippen LogP contribution in [-0.2, 0) is 0 Å². The Morgan fingerprint density at radius 2 is 2.00 bits per heavy atom. The van der Waals surface area contributed by atoms with Crippen molar-refractivity contribution in [3.05, 3.63) is 29.8 Å². The number of hydrogen-bond donors (Lipinski definition) is 2. The second kappa shape index (κ2) is 6.37. The molecule has 0 aliphatic rings. The van der Waals surface area contributed by atoms with Gasteiger partial charge >= 0.3 is 0 Å². The van der Waals surface area contributed by atoms with Crippen LogP contribution >= 0.6 is 0 Å². The molecule has 4 heteroatoms. The molecule has 0 aliphatic carbocycles. The van der Waals surface area contributed by atoms with Crippen LogP contribution in [0.15, 0.2) is 24.3 Å². The zero-order valence-electron chi connectivity index (χ0n) is 8.53. The molecule has 1 aromatic rings. The Hall–Kier alpha value is -1.13. The summed E-state index contributed by atoms with van der Waals surface area (Å²) in [6, 6.07) is 6.77. The van der Waals surface area contributed by atoms with E-state index in [2.05, 4.69) is 0 Å². The first-order valence-electron chi connectivity index (χ1n) is 4.93. The number of ether oxygens (including phenoxy) is 1. The summed E-state index contributed by atoms with van der Waals surface area (Å²) in [6.07, 6.45) is 0.401. The van der Waals surface area contributed by atoms with E-state index in [-0.39, 0.29) is 19.3 Å². The van der Waals surface area contributed by atoms with E-state index in [4.69, 9.17) is 15.6 Å². The average Bonchev–Trinajstić information content (AvgIpc) is 2.29. The standard InChI is InChI=1S/C11H16FNO2/c12-6-1-7-15-10-4-2-9(3-5-10)11(13)8-14/h2-5,11,14H,1,6-8,13H2. The molecule has 0 radical (unpaired) electrons. The van der Waals surface area contributed by atoms with Gasteiger partial charge in [-0.2, -0.15) is 0 Å². The van der Waals surface area contributed by atoms with Crippen LogP contribution in [0.1, 0.15) is 18.0 Å². The Kier molecular flexibility index (Phi) is 5.07. The molecule has 84 valence electrons. The Morgan fingerprint density at radius 3 is 2.53 bits per heavy atom. The number of nitrogens with two attached hydrogens (primary N) is 1. The first-order valence-corrected chi connectivity index (χ1v) is 4.93. The van der Waals surface area contributed by atoms with Crippen molar-refractivity contribution < 1.29 is 14.2 Å². The van der Waals surface area contributed by atoms with E-state index in [1.165, 1.54) is 0 Å². The van der Waals surface area contributed by atoms with Crippen LogP contribution in [0.2, 0.25) is 0 Å². The highest BCUT2D eigenvalue weighted by molar-refractivity contribution is 5.29. The maximum absolute atomic E-state index is 11.8. The molecule has 1 atom stereocenters. The van der Waals surface area contributed by atoms with Crippen molar-refractivity contribution in [3.8, 4) is 5.75 Å². The highest BCUT2D eigenvalue weighted by atomic mass is 19.1. The van der Waals surface area contributed by atoms with Crippen molar-refractivity contribution in [3.63, 3.8) is 0 Å². The molecule has 0 saturated carbocycles. The largest absolute Gasteiger partial charge is 0.494 e. The maximum atomic E-state index is 11.8. The molecule has 0 aliphatic heterocycles. The first-order chi connectivity index (χ1) is 7.27. The van der Waals surface area contributed by atoms with Crippen LogP contribution in [0.3, 0.4) is 0 Å². The van der Waals surface area contributed by atoms with Gasteiger partial charge in [0.25, 0.3) is 0 Å². The molecule has 3 N–H and O–H groups in total. The number of rotatable bonds is 6. The predicted molar refractivity (Wildman–Crippen MR) is 56.5 cm³/mol. The normalized spacial score (nSPS) is 12.5. The molecule has 15 heavy (non-hydrogen) atoms. The van der Waals surface area contributed by atoms with Crippen LogP contribution in [0.25, 0.3) is 0 Å². The summed E-state index contributed by atoms with van der Waals surface area (Å²) in [4.78, 5) is 0. The van der Waals surface area contributed by atoms with E-state index in [0.29, 0.717) is 18.8 Å². The minimum atomic E-state index is -0.368. The van der Waals surface area contributed by atoms with E-state index < -0.39 is 0 Å². The lowest BCUT2D eigenvalue weighted by Gasteiger charge is -2.09. The molecule has 0 saturated heterocycles. The van der Waals surface area contributed by atoms with Crippen LogP contribution in [0, 0.1) is 0 Å². The van der Waals surface area contributed by atoms with Gasteiger partial charge < -0.3 is 15.6 Å². The summed E-state index contributed by atoms with van der Waals surface area (Å²) in [6.45, 7) is -0.0720. The molecule has 0 fully saturated rings. The maximum Gasteiger partial charge on any atom is 0.119 e. The molecular weight excluding hydrogens is 197 g/mol. The fourth-order valence-electron chi connectivity index (χ4n) is 1.16. The van der Waals surface area contributed by atoms with Gasteiger partial charge in [0, 0.05) is 6.42 Å². The lowest BCUT2D eigenvalue weighted by molar-refractivity contribution is 0.267. The lowest BCUT2D eigenvalue weighted by Crippen LogP contribution is -2.14. The van der Waals surface area contributed by atoms with Crippen molar-refractivity contribution in [2.75, 3.05) is 19.9 Å². The van der Waals surface area contributed by atoms with E-state index in [9.17, 15) is 4.39 Å². The number of aliphatic hydroxyl groups is 1. The molecule has 0 aromatic heterocycles. The quantitative estimate of drug-likeness (QED) is 0.703. The molecule has 0 bridgehead atoms. The minimum Gasteiger partial charge on any atom is -0.494 e. The summed E-state index contributed by atoms with van der Waals surface area (Å²) in [7, 11) is 0. The highest BCUT2D eigenvalue weighted by Gasteiger charge is 2.03. The van der Waals surface area contributed by atoms with Gasteiger partial charge in [-0.05, 0) is 17.7 Å². The van der Waals surface area contributed by atoms with Crippen molar-refractivity contribution >= 4 is 0 Å². The molecule has 0 spiro atoms. The molecule has 1 unspecified atom stereocenters. The zero-order valence-corrected chi connectivity index (χ0v) is 8.53. The lowest BCUT2D eigenvalue weighted by atomic mass is 10.1. The van der Waals surface area contributed by atoms with E-state index in [1.807, 2.05) is 0 Å². The number of benzene rings is 1. The van der Waals surface area contributed by atoms with E-state index in [0.717, 1.165) is 5.56 Å². The second-order valence-corrected chi connectivity index (χ2v) is 3.25. The van der Waals surface area contributed by atoms with Gasteiger partial charge in [0.05, 0.1) is 25.9 Å². The van der Waals surface area contributed by atoms with Gasteiger partial charge in [-0.1, -0.05) is 12.1 Å². The van der Waals surface area contributed by atoms with E-state index in [1.54, 1.807) is 24.3 Å². The fraction of sp³-hybridized carbons (Fsp3) is 0.455. The fourth-order valence-corrected chi connectivity index (χ4v) is 1.16. The SMILES string of the molecule is NC(CO)c1ccc(OCCCF)cc1. The number of hydrogen-bond acceptors (Lipinski definition) is 3. The smallest absolute Gasteiger partial charge is 0.119 e. The molecule has 3 nitrogen and oxygen atoms in total. The summed E-state index contributed by atoms with van der Waals surface area (Å²) < 4.78 is 17.1. The first kappa shape index (κ1) is 11.9. The summed E-state index contributed by atoms with van der Waals surface area (Å²) in [5.74, 6) is 0.692. The van der Waals surface area contributed by atoms with Crippen molar-refractivity contribution in [1.29, 1.82) is 0 Å². The Labute approximate surface area is 88.7 Å². The summed E-state index contributed by atoms with van der Waals surface area (Å²) in [5, 5.41) is 8.83. The van der Waals surface area contributed by atoms with Crippen molar-refractivity contribution in [1.82, 2.24) is 0 Å². The number of aliphatic hydroxyl groups excluding tert-OH is 1. The topological polar surface area (TPSA) is 55.5 Å². The van der Waals surface area contributed by atoms with Gasteiger partial charge in [0.1, 0.15) is 5.75 Å². The van der Waals surface area contributed by atoms with Gasteiger partial charge in [0.15, 0.2) is 0 Å². The van der Waals surface area contributed by atoms with Gasteiger partial charge in [-0.15, -0.1) is 0 Å². The Balaban J connectivity index is 2.49.